The zero-order chi connectivity index (χ0) is 24.9. The molecule has 0 amide bonds. The van der Waals surface area contributed by atoms with Crippen molar-refractivity contribution in [3.8, 4) is 34.3 Å². The quantitative estimate of drug-likeness (QED) is 0.289. The lowest BCUT2D eigenvalue weighted by Gasteiger charge is -2.13. The lowest BCUT2D eigenvalue weighted by Crippen LogP contribution is -2.05. The normalized spacial score (nSPS) is 12.1. The van der Waals surface area contributed by atoms with E-state index in [1.54, 1.807) is 37.1 Å². The number of aliphatic hydroxyl groups excluding tert-OH is 1. The summed E-state index contributed by atoms with van der Waals surface area (Å²) >= 11 is 1.72. The van der Waals surface area contributed by atoms with Crippen LogP contribution in [0.25, 0.3) is 34.3 Å². The lowest BCUT2D eigenvalue weighted by atomic mass is 10.1. The fourth-order valence-corrected chi connectivity index (χ4v) is 4.62. The van der Waals surface area contributed by atoms with Crippen LogP contribution in [0.4, 0.5) is 10.2 Å². The molecule has 2 aromatic heterocycles. The Kier molecular flexibility index (Phi) is 7.74. The summed E-state index contributed by atoms with van der Waals surface area (Å²) in [6.45, 7) is 4.84. The van der Waals surface area contributed by atoms with Crippen LogP contribution in [0, 0.1) is 12.7 Å². The van der Waals surface area contributed by atoms with Crippen molar-refractivity contribution in [1.29, 1.82) is 0 Å². The van der Waals surface area contributed by atoms with Gasteiger partial charge in [-0.1, -0.05) is 19.1 Å². The number of rotatable bonds is 9. The fourth-order valence-electron chi connectivity index (χ4n) is 3.57. The Morgan fingerprint density at radius 2 is 1.97 bits per heavy atom. The van der Waals surface area contributed by atoms with Gasteiger partial charge in [0.15, 0.2) is 11.5 Å². The number of hydrogen-bond donors (Lipinski definition) is 3. The van der Waals surface area contributed by atoms with Gasteiger partial charge in [-0.2, -0.15) is 0 Å². The number of nitrogen functional groups attached to an aromatic ring is 1. The second-order valence-electron chi connectivity index (χ2n) is 8.17. The maximum absolute atomic E-state index is 14.6. The first-order chi connectivity index (χ1) is 16.9. The van der Waals surface area contributed by atoms with Crippen molar-refractivity contribution in [2.45, 2.75) is 37.0 Å². The van der Waals surface area contributed by atoms with Crippen molar-refractivity contribution < 1.29 is 13.9 Å². The molecule has 2 aromatic carbocycles. The average Bonchev–Trinajstić information content (AvgIpc) is 3.31. The molecule has 4 rings (SSSR count). The number of benzene rings is 2. The lowest BCUT2D eigenvalue weighted by molar-refractivity contribution is 0.289. The van der Waals surface area contributed by atoms with Crippen LogP contribution in [0.5, 0.6) is 0 Å². The van der Waals surface area contributed by atoms with E-state index in [1.807, 2.05) is 25.1 Å². The standard InChI is InChI=1S/C25H27FN6O2S/c1-14-10-17(5-7-21(14)35-15(2)8-9-33)20-13-29-23(27)22(30-20)25-32-31-24(34-25)18-6-4-16(12-28-3)11-19(18)26/h4-7,10-11,13,15,28,33H,8-9,12H2,1-3H3,(H2,27,29). The van der Waals surface area contributed by atoms with Crippen LogP contribution in [0.3, 0.4) is 0 Å². The molecular formula is C25H27FN6O2S. The first-order valence-corrected chi connectivity index (χ1v) is 12.1. The minimum Gasteiger partial charge on any atom is -0.414 e. The average molecular weight is 495 g/mol. The Bertz CT molecular complexity index is 1330. The Morgan fingerprint density at radius 3 is 2.69 bits per heavy atom. The van der Waals surface area contributed by atoms with Gasteiger partial charge in [0.1, 0.15) is 5.82 Å². The molecule has 1 unspecified atom stereocenters. The molecule has 2 heterocycles. The third kappa shape index (κ3) is 5.67. The summed E-state index contributed by atoms with van der Waals surface area (Å²) in [7, 11) is 1.80. The van der Waals surface area contributed by atoms with Crippen LogP contribution < -0.4 is 11.1 Å². The van der Waals surface area contributed by atoms with E-state index in [1.165, 1.54) is 6.07 Å². The second kappa shape index (κ2) is 10.9. The highest BCUT2D eigenvalue weighted by Crippen LogP contribution is 2.33. The van der Waals surface area contributed by atoms with Crippen molar-refractivity contribution in [2.75, 3.05) is 19.4 Å². The first-order valence-electron chi connectivity index (χ1n) is 11.2. The van der Waals surface area contributed by atoms with Gasteiger partial charge in [-0.05, 0) is 55.8 Å². The maximum Gasteiger partial charge on any atom is 0.270 e. The van der Waals surface area contributed by atoms with Gasteiger partial charge >= 0.3 is 0 Å². The summed E-state index contributed by atoms with van der Waals surface area (Å²) < 4.78 is 20.3. The van der Waals surface area contributed by atoms with E-state index in [0.29, 0.717) is 17.5 Å². The summed E-state index contributed by atoms with van der Waals surface area (Å²) in [5.41, 5.74) is 9.85. The number of halogens is 1. The Morgan fingerprint density at radius 1 is 1.17 bits per heavy atom. The topological polar surface area (TPSA) is 123 Å². The minimum atomic E-state index is -0.456. The van der Waals surface area contributed by atoms with Gasteiger partial charge in [0, 0.05) is 28.9 Å². The molecule has 1 atom stereocenters. The molecule has 0 fully saturated rings. The highest BCUT2D eigenvalue weighted by atomic mass is 32.2. The predicted octanol–water partition coefficient (Wildman–Crippen LogP) is 4.47. The summed E-state index contributed by atoms with van der Waals surface area (Å²) in [5.74, 6) is -0.223. The Balaban J connectivity index is 1.61. The van der Waals surface area contributed by atoms with Gasteiger partial charge in [0.2, 0.25) is 0 Å². The zero-order valence-corrected chi connectivity index (χ0v) is 20.6. The van der Waals surface area contributed by atoms with Gasteiger partial charge in [-0.25, -0.2) is 14.4 Å². The molecule has 182 valence electrons. The van der Waals surface area contributed by atoms with Gasteiger partial charge in [-0.15, -0.1) is 22.0 Å². The summed E-state index contributed by atoms with van der Waals surface area (Å²) in [5, 5.41) is 20.5. The van der Waals surface area contributed by atoms with Crippen LogP contribution >= 0.6 is 11.8 Å². The number of hydrogen-bond acceptors (Lipinski definition) is 9. The summed E-state index contributed by atoms with van der Waals surface area (Å²) in [6, 6.07) is 10.9. The van der Waals surface area contributed by atoms with Crippen LogP contribution in [0.1, 0.15) is 24.5 Å². The van der Waals surface area contributed by atoms with E-state index in [4.69, 9.17) is 15.3 Å². The van der Waals surface area contributed by atoms with Gasteiger partial charge in [-0.3, -0.25) is 0 Å². The number of thioether (sulfide) groups is 1. The van der Waals surface area contributed by atoms with Gasteiger partial charge in [0.05, 0.1) is 17.5 Å². The molecule has 0 spiro atoms. The van der Waals surface area contributed by atoms with Crippen molar-refractivity contribution in [3.63, 3.8) is 0 Å². The van der Waals surface area contributed by atoms with E-state index in [2.05, 4.69) is 32.4 Å². The van der Waals surface area contributed by atoms with E-state index < -0.39 is 5.82 Å². The monoisotopic (exact) mass is 494 g/mol. The van der Waals surface area contributed by atoms with Gasteiger partial charge in [0.25, 0.3) is 11.8 Å². The number of aryl methyl sites for hydroxylation is 1. The second-order valence-corrected chi connectivity index (χ2v) is 9.65. The Labute approximate surface area is 207 Å². The number of nitrogens with one attached hydrogen (secondary N) is 1. The molecular weight excluding hydrogens is 467 g/mol. The van der Waals surface area contributed by atoms with E-state index in [9.17, 15) is 4.39 Å². The highest BCUT2D eigenvalue weighted by molar-refractivity contribution is 8.00. The van der Waals surface area contributed by atoms with Gasteiger partial charge < -0.3 is 20.6 Å². The van der Waals surface area contributed by atoms with E-state index >= 15 is 0 Å². The number of aliphatic hydroxyl groups is 1. The Hall–Kier alpha value is -3.34. The SMILES string of the molecule is CNCc1ccc(-c2nnc(-c3nc(-c4ccc(SC(C)CCO)c(C)c4)cnc3N)o2)c(F)c1. The molecule has 0 aliphatic carbocycles. The molecule has 0 saturated heterocycles. The van der Waals surface area contributed by atoms with Crippen LogP contribution in [-0.4, -0.2) is 44.2 Å². The third-order valence-electron chi connectivity index (χ3n) is 5.41. The molecule has 0 bridgehead atoms. The maximum atomic E-state index is 14.6. The minimum absolute atomic E-state index is 0.0364. The third-order valence-corrected chi connectivity index (χ3v) is 6.76. The number of nitrogens with two attached hydrogens (primary N) is 1. The molecule has 10 heteroatoms. The number of anilines is 1. The van der Waals surface area contributed by atoms with Crippen LogP contribution in [-0.2, 0) is 6.54 Å². The predicted molar refractivity (Wildman–Crippen MR) is 135 cm³/mol. The molecule has 0 aliphatic rings. The van der Waals surface area contributed by atoms with E-state index in [-0.39, 0.29) is 35.5 Å². The van der Waals surface area contributed by atoms with Crippen molar-refractivity contribution in [1.82, 2.24) is 25.5 Å². The summed E-state index contributed by atoms with van der Waals surface area (Å²) in [4.78, 5) is 10.0. The largest absolute Gasteiger partial charge is 0.414 e. The van der Waals surface area contributed by atoms with Crippen LogP contribution in [0.15, 0.2) is 51.9 Å². The smallest absolute Gasteiger partial charge is 0.270 e. The molecule has 0 aliphatic heterocycles. The summed E-state index contributed by atoms with van der Waals surface area (Å²) in [6.07, 6.45) is 2.32. The molecule has 0 radical (unpaired) electrons. The van der Waals surface area contributed by atoms with Crippen molar-refractivity contribution in [2.24, 2.45) is 0 Å². The molecule has 4 aromatic rings. The molecule has 4 N–H and O–H groups in total. The highest BCUT2D eigenvalue weighted by Gasteiger charge is 2.19. The first kappa shape index (κ1) is 24.8. The van der Waals surface area contributed by atoms with Crippen LogP contribution in [0.2, 0.25) is 0 Å². The number of aromatic nitrogens is 4. The van der Waals surface area contributed by atoms with E-state index in [0.717, 1.165) is 28.0 Å². The molecule has 8 nitrogen and oxygen atoms in total. The zero-order valence-electron chi connectivity index (χ0n) is 19.7. The van der Waals surface area contributed by atoms with Crippen molar-refractivity contribution >= 4 is 17.6 Å². The number of nitrogens with zero attached hydrogens (tertiary/aromatic N) is 4. The molecule has 0 saturated carbocycles. The molecule has 35 heavy (non-hydrogen) atoms. The fraction of sp³-hybridized carbons (Fsp3) is 0.280. The van der Waals surface area contributed by atoms with Crippen molar-refractivity contribution in [3.05, 3.63) is 59.5 Å².